The van der Waals surface area contributed by atoms with Gasteiger partial charge >= 0.3 is 0 Å². The average molecular weight is 297 g/mol. The second-order valence-corrected chi connectivity index (χ2v) is 4.79. The topological polar surface area (TPSA) is 62.7 Å². The lowest BCUT2D eigenvalue weighted by Crippen LogP contribution is -2.25. The highest BCUT2D eigenvalue weighted by atomic mass is 16.5. The second-order valence-electron chi connectivity index (χ2n) is 4.79. The van der Waals surface area contributed by atoms with Crippen LogP contribution in [-0.4, -0.2) is 25.8 Å². The monoisotopic (exact) mass is 297 g/mol. The number of carbonyl (C=O) groups excluding carboxylic acids is 1. The van der Waals surface area contributed by atoms with Crippen LogP contribution in [0.1, 0.15) is 11.1 Å². The molecular formula is C17H19N3O2. The molecular weight excluding hydrogens is 278 g/mol. The molecule has 0 saturated carbocycles. The number of ether oxygens (including phenoxy) is 1. The SMILES string of the molecule is COc1ccc(NCC(=O)N/N=C/c2cccc(C)c2)cc1. The van der Waals surface area contributed by atoms with Gasteiger partial charge in [-0.05, 0) is 36.8 Å². The maximum Gasteiger partial charge on any atom is 0.259 e. The second kappa shape index (κ2) is 7.83. The van der Waals surface area contributed by atoms with Crippen LogP contribution in [0.2, 0.25) is 0 Å². The molecule has 114 valence electrons. The molecule has 0 heterocycles. The summed E-state index contributed by atoms with van der Waals surface area (Å²) in [4.78, 5) is 11.7. The van der Waals surface area contributed by atoms with Crippen LogP contribution < -0.4 is 15.5 Å². The molecule has 0 aromatic heterocycles. The molecule has 2 aromatic rings. The van der Waals surface area contributed by atoms with E-state index in [1.807, 2.05) is 55.5 Å². The summed E-state index contributed by atoms with van der Waals surface area (Å²) in [7, 11) is 1.61. The Balaban J connectivity index is 1.77. The number of nitrogens with one attached hydrogen (secondary N) is 2. The Bertz CT molecular complexity index is 651. The molecule has 0 aliphatic carbocycles. The molecule has 5 heteroatoms. The third kappa shape index (κ3) is 4.94. The van der Waals surface area contributed by atoms with Crippen LogP contribution in [0.4, 0.5) is 5.69 Å². The molecule has 0 unspecified atom stereocenters. The standard InChI is InChI=1S/C17H19N3O2/c1-13-4-3-5-14(10-13)11-19-20-17(21)12-18-15-6-8-16(22-2)9-7-15/h3-11,18H,12H2,1-2H3,(H,20,21)/b19-11+. The van der Waals surface area contributed by atoms with Crippen molar-refractivity contribution in [2.24, 2.45) is 5.10 Å². The molecule has 22 heavy (non-hydrogen) atoms. The molecule has 0 saturated heterocycles. The van der Waals surface area contributed by atoms with Crippen molar-refractivity contribution in [3.8, 4) is 5.75 Å². The normalized spacial score (nSPS) is 10.5. The van der Waals surface area contributed by atoms with Gasteiger partial charge < -0.3 is 10.1 Å². The summed E-state index contributed by atoms with van der Waals surface area (Å²) >= 11 is 0. The van der Waals surface area contributed by atoms with Gasteiger partial charge in [-0.3, -0.25) is 4.79 Å². The van der Waals surface area contributed by atoms with Crippen LogP contribution in [0.5, 0.6) is 5.75 Å². The average Bonchev–Trinajstić information content (AvgIpc) is 2.53. The van der Waals surface area contributed by atoms with Gasteiger partial charge in [0.25, 0.3) is 5.91 Å². The Kier molecular flexibility index (Phi) is 5.54. The van der Waals surface area contributed by atoms with E-state index in [0.717, 1.165) is 22.6 Å². The molecule has 0 radical (unpaired) electrons. The van der Waals surface area contributed by atoms with Crippen LogP contribution in [0.15, 0.2) is 53.6 Å². The van der Waals surface area contributed by atoms with E-state index in [9.17, 15) is 4.79 Å². The minimum absolute atomic E-state index is 0.150. The number of anilines is 1. The first-order chi connectivity index (χ1) is 10.7. The maximum atomic E-state index is 11.7. The van der Waals surface area contributed by atoms with Crippen LogP contribution in [0.3, 0.4) is 0 Å². The summed E-state index contributed by atoms with van der Waals surface area (Å²) in [6.45, 7) is 2.16. The van der Waals surface area contributed by atoms with Gasteiger partial charge in [-0.15, -0.1) is 0 Å². The zero-order valence-corrected chi connectivity index (χ0v) is 12.7. The van der Waals surface area contributed by atoms with Gasteiger partial charge in [-0.2, -0.15) is 5.10 Å². The molecule has 0 spiro atoms. The number of aryl methyl sites for hydroxylation is 1. The van der Waals surface area contributed by atoms with E-state index in [0.29, 0.717) is 0 Å². The lowest BCUT2D eigenvalue weighted by Gasteiger charge is -2.06. The van der Waals surface area contributed by atoms with Crippen LogP contribution in [-0.2, 0) is 4.79 Å². The minimum Gasteiger partial charge on any atom is -0.497 e. The van der Waals surface area contributed by atoms with Gasteiger partial charge in [-0.25, -0.2) is 5.43 Å². The maximum absolute atomic E-state index is 11.7. The Morgan fingerprint density at radius 2 is 2.00 bits per heavy atom. The summed E-state index contributed by atoms with van der Waals surface area (Å²) in [6.07, 6.45) is 1.62. The van der Waals surface area contributed by atoms with Crippen molar-refractivity contribution < 1.29 is 9.53 Å². The smallest absolute Gasteiger partial charge is 0.259 e. The van der Waals surface area contributed by atoms with E-state index in [4.69, 9.17) is 4.74 Å². The van der Waals surface area contributed by atoms with Crippen LogP contribution in [0.25, 0.3) is 0 Å². The Hall–Kier alpha value is -2.82. The van der Waals surface area contributed by atoms with Crippen LogP contribution in [0, 0.1) is 6.92 Å². The zero-order valence-electron chi connectivity index (χ0n) is 12.7. The highest BCUT2D eigenvalue weighted by Gasteiger charge is 1.99. The first-order valence-electron chi connectivity index (χ1n) is 6.94. The fourth-order valence-electron chi connectivity index (χ4n) is 1.86. The molecule has 2 rings (SSSR count). The largest absolute Gasteiger partial charge is 0.497 e. The van der Waals surface area contributed by atoms with Gasteiger partial charge in [0, 0.05) is 5.69 Å². The van der Waals surface area contributed by atoms with Gasteiger partial charge in [0.2, 0.25) is 0 Å². The predicted octanol–water partition coefficient (Wildman–Crippen LogP) is 2.57. The van der Waals surface area contributed by atoms with Crippen molar-refractivity contribution in [3.63, 3.8) is 0 Å². The fourth-order valence-corrected chi connectivity index (χ4v) is 1.86. The number of hydrazone groups is 1. The molecule has 2 N–H and O–H groups in total. The molecule has 0 aliphatic rings. The first kappa shape index (κ1) is 15.6. The molecule has 5 nitrogen and oxygen atoms in total. The Labute approximate surface area is 130 Å². The van der Waals surface area contributed by atoms with E-state index < -0.39 is 0 Å². The number of hydrogen-bond acceptors (Lipinski definition) is 4. The summed E-state index contributed by atoms with van der Waals surface area (Å²) < 4.78 is 5.07. The molecule has 1 amide bonds. The van der Waals surface area contributed by atoms with Gasteiger partial charge in [0.05, 0.1) is 19.9 Å². The summed E-state index contributed by atoms with van der Waals surface area (Å²) in [5.41, 5.74) is 5.43. The van der Waals surface area contributed by atoms with Crippen molar-refractivity contribution in [2.45, 2.75) is 6.92 Å². The zero-order chi connectivity index (χ0) is 15.8. The van der Waals surface area contributed by atoms with Gasteiger partial charge in [-0.1, -0.05) is 29.8 Å². The third-order valence-corrected chi connectivity index (χ3v) is 2.99. The van der Waals surface area contributed by atoms with Gasteiger partial charge in [0.1, 0.15) is 5.75 Å². The van der Waals surface area contributed by atoms with Crippen molar-refractivity contribution >= 4 is 17.8 Å². The molecule has 2 aromatic carbocycles. The number of nitrogens with zero attached hydrogens (tertiary/aromatic N) is 1. The first-order valence-corrected chi connectivity index (χ1v) is 6.94. The molecule has 0 atom stereocenters. The lowest BCUT2D eigenvalue weighted by atomic mass is 10.2. The molecule has 0 fully saturated rings. The number of rotatable bonds is 6. The third-order valence-electron chi connectivity index (χ3n) is 2.99. The van der Waals surface area contributed by atoms with Crippen molar-refractivity contribution in [3.05, 3.63) is 59.7 Å². The lowest BCUT2D eigenvalue weighted by molar-refractivity contribution is -0.119. The summed E-state index contributed by atoms with van der Waals surface area (Å²) in [5, 5.41) is 6.95. The van der Waals surface area contributed by atoms with E-state index in [1.54, 1.807) is 13.3 Å². The predicted molar refractivity (Wildman–Crippen MR) is 88.4 cm³/mol. The van der Waals surface area contributed by atoms with Crippen molar-refractivity contribution in [2.75, 3.05) is 19.0 Å². The van der Waals surface area contributed by atoms with Crippen molar-refractivity contribution in [1.82, 2.24) is 5.43 Å². The Morgan fingerprint density at radius 1 is 1.23 bits per heavy atom. The molecule has 0 bridgehead atoms. The summed E-state index contributed by atoms with van der Waals surface area (Å²) in [6, 6.07) is 15.2. The number of hydrogen-bond donors (Lipinski definition) is 2. The van der Waals surface area contributed by atoms with E-state index >= 15 is 0 Å². The quantitative estimate of drug-likeness (QED) is 0.636. The van der Waals surface area contributed by atoms with Crippen molar-refractivity contribution in [1.29, 1.82) is 0 Å². The van der Waals surface area contributed by atoms with Crippen LogP contribution >= 0.6 is 0 Å². The highest BCUT2D eigenvalue weighted by molar-refractivity contribution is 5.84. The Morgan fingerprint density at radius 3 is 2.68 bits per heavy atom. The van der Waals surface area contributed by atoms with E-state index in [-0.39, 0.29) is 12.5 Å². The number of carbonyl (C=O) groups is 1. The summed E-state index contributed by atoms with van der Waals surface area (Å²) in [5.74, 6) is 0.567. The molecule has 0 aliphatic heterocycles. The highest BCUT2D eigenvalue weighted by Crippen LogP contribution is 2.14. The van der Waals surface area contributed by atoms with E-state index in [2.05, 4.69) is 15.8 Å². The fraction of sp³-hybridized carbons (Fsp3) is 0.176. The number of benzene rings is 2. The number of amides is 1. The van der Waals surface area contributed by atoms with E-state index in [1.165, 1.54) is 0 Å². The number of methoxy groups -OCH3 is 1. The minimum atomic E-state index is -0.209. The van der Waals surface area contributed by atoms with Gasteiger partial charge in [0.15, 0.2) is 0 Å².